The van der Waals surface area contributed by atoms with Crippen LogP contribution in [-0.4, -0.2) is 42.2 Å². The highest BCUT2D eigenvalue weighted by molar-refractivity contribution is 5.95. The van der Waals surface area contributed by atoms with E-state index in [4.69, 9.17) is 4.74 Å². The van der Waals surface area contributed by atoms with Crippen LogP contribution in [0.15, 0.2) is 66.7 Å². The molecule has 3 aromatic carbocycles. The van der Waals surface area contributed by atoms with Gasteiger partial charge in [0.15, 0.2) is 0 Å². The van der Waals surface area contributed by atoms with Crippen molar-refractivity contribution >= 4 is 11.6 Å². The molecule has 0 saturated carbocycles. The molecule has 6 heteroatoms. The molecule has 5 rings (SSSR count). The van der Waals surface area contributed by atoms with E-state index in [9.17, 15) is 14.3 Å². The summed E-state index contributed by atoms with van der Waals surface area (Å²) < 4.78 is 19.6. The van der Waals surface area contributed by atoms with E-state index >= 15 is 0 Å². The highest BCUT2D eigenvalue weighted by atomic mass is 19.1. The molecule has 2 aliphatic heterocycles. The highest BCUT2D eigenvalue weighted by Gasteiger charge is 2.46. The van der Waals surface area contributed by atoms with Gasteiger partial charge in [-0.15, -0.1) is 0 Å². The van der Waals surface area contributed by atoms with E-state index in [1.807, 2.05) is 42.5 Å². The number of anilines is 1. The van der Waals surface area contributed by atoms with Crippen molar-refractivity contribution in [2.24, 2.45) is 5.92 Å². The van der Waals surface area contributed by atoms with Gasteiger partial charge in [0.2, 0.25) is 0 Å². The number of amides is 1. The van der Waals surface area contributed by atoms with E-state index in [0.29, 0.717) is 6.54 Å². The van der Waals surface area contributed by atoms with Crippen molar-refractivity contribution < 1.29 is 19.0 Å². The summed E-state index contributed by atoms with van der Waals surface area (Å²) in [7, 11) is 1.62. The first kappa shape index (κ1) is 22.0. The molecule has 0 unspecified atom stereocenters. The zero-order chi connectivity index (χ0) is 23.7. The van der Waals surface area contributed by atoms with E-state index in [-0.39, 0.29) is 36.1 Å². The van der Waals surface area contributed by atoms with E-state index in [1.54, 1.807) is 24.1 Å². The number of likely N-dealkylation sites (tertiary alicyclic amines) is 1. The second-order valence-electron chi connectivity index (χ2n) is 8.59. The largest absolute Gasteiger partial charge is 0.497 e. The summed E-state index contributed by atoms with van der Waals surface area (Å²) in [5.41, 5.74) is 3.57. The van der Waals surface area contributed by atoms with Crippen molar-refractivity contribution in [3.05, 3.63) is 94.8 Å². The van der Waals surface area contributed by atoms with Crippen LogP contribution in [0.3, 0.4) is 0 Å². The van der Waals surface area contributed by atoms with Crippen LogP contribution in [0.4, 0.5) is 10.1 Å². The Hall–Kier alpha value is -3.82. The fourth-order valence-corrected chi connectivity index (χ4v) is 4.98. The topological polar surface area (TPSA) is 61.8 Å². The number of carbonyl (C=O) groups is 1. The summed E-state index contributed by atoms with van der Waals surface area (Å²) in [5.74, 6) is 6.32. The molecule has 34 heavy (non-hydrogen) atoms. The van der Waals surface area contributed by atoms with Crippen molar-refractivity contribution in [2.45, 2.75) is 18.5 Å². The van der Waals surface area contributed by atoms with Gasteiger partial charge in [0.05, 0.1) is 31.4 Å². The summed E-state index contributed by atoms with van der Waals surface area (Å²) in [4.78, 5) is 15.1. The molecular formula is C28H25FN2O3. The minimum absolute atomic E-state index is 0.0259. The molecule has 2 heterocycles. The van der Waals surface area contributed by atoms with E-state index in [2.05, 4.69) is 17.2 Å². The Kier molecular flexibility index (Phi) is 5.95. The molecule has 0 spiro atoms. The molecule has 172 valence electrons. The minimum Gasteiger partial charge on any atom is -0.497 e. The standard InChI is InChI=1S/C28H25FN2O3/c1-34-20-11-8-18(9-12-20)6-7-19-10-13-25-23(16-19)27-22(26(17-32)30-25)14-15-31(27)28(33)21-4-2-3-5-24(21)29/h2-5,8-13,16,22,26-27,30,32H,14-15,17H2,1H3/t22-,26-,27-/m0/s1. The fraction of sp³-hybridized carbons (Fsp3) is 0.250. The van der Waals surface area contributed by atoms with Gasteiger partial charge in [0, 0.05) is 29.3 Å². The predicted molar refractivity (Wildman–Crippen MR) is 128 cm³/mol. The molecule has 5 nitrogen and oxygen atoms in total. The number of aliphatic hydroxyl groups is 1. The zero-order valence-corrected chi connectivity index (χ0v) is 18.8. The maximum atomic E-state index is 14.4. The molecule has 0 aromatic heterocycles. The molecule has 0 aliphatic carbocycles. The molecule has 3 atom stereocenters. The number of carbonyl (C=O) groups excluding carboxylic acids is 1. The van der Waals surface area contributed by atoms with Gasteiger partial charge in [0.1, 0.15) is 11.6 Å². The van der Waals surface area contributed by atoms with Gasteiger partial charge in [-0.3, -0.25) is 4.79 Å². The van der Waals surface area contributed by atoms with E-state index in [1.165, 1.54) is 12.1 Å². The molecule has 1 fully saturated rings. The van der Waals surface area contributed by atoms with Crippen LogP contribution in [0, 0.1) is 23.6 Å². The number of benzene rings is 3. The SMILES string of the molecule is COc1ccc(C#Cc2ccc3c(c2)[C@@H]2[C@@H](CCN2C(=O)c2ccccc2F)[C@H](CO)N3)cc1. The highest BCUT2D eigenvalue weighted by Crippen LogP contribution is 2.47. The lowest BCUT2D eigenvalue weighted by molar-refractivity contribution is 0.0696. The number of nitrogens with one attached hydrogen (secondary N) is 1. The number of fused-ring (bicyclic) bond motifs is 3. The van der Waals surface area contributed by atoms with Crippen molar-refractivity contribution in [3.8, 4) is 17.6 Å². The summed E-state index contributed by atoms with van der Waals surface area (Å²) in [6.07, 6.45) is 0.726. The third-order valence-corrected chi connectivity index (χ3v) is 6.68. The van der Waals surface area contributed by atoms with Gasteiger partial charge in [-0.2, -0.15) is 0 Å². The Balaban J connectivity index is 1.50. The number of hydrogen-bond donors (Lipinski definition) is 2. The molecule has 2 aliphatic rings. The number of aliphatic hydroxyl groups excluding tert-OH is 1. The van der Waals surface area contributed by atoms with Crippen molar-refractivity contribution in [3.63, 3.8) is 0 Å². The molecule has 0 radical (unpaired) electrons. The third-order valence-electron chi connectivity index (χ3n) is 6.68. The Morgan fingerprint density at radius 2 is 1.85 bits per heavy atom. The summed E-state index contributed by atoms with van der Waals surface area (Å²) >= 11 is 0. The summed E-state index contributed by atoms with van der Waals surface area (Å²) in [6, 6.07) is 19.0. The Labute approximate surface area is 198 Å². The summed E-state index contributed by atoms with van der Waals surface area (Å²) in [5, 5.41) is 13.4. The van der Waals surface area contributed by atoms with Gasteiger partial charge in [-0.25, -0.2) is 4.39 Å². The van der Waals surface area contributed by atoms with Crippen molar-refractivity contribution in [2.75, 3.05) is 25.6 Å². The number of rotatable bonds is 3. The van der Waals surface area contributed by atoms with Gasteiger partial charge in [-0.1, -0.05) is 24.0 Å². The molecule has 2 N–H and O–H groups in total. The lowest BCUT2D eigenvalue weighted by atomic mass is 9.82. The van der Waals surface area contributed by atoms with Crippen LogP contribution in [0.2, 0.25) is 0 Å². The Bertz CT molecular complexity index is 1280. The van der Waals surface area contributed by atoms with Crippen LogP contribution in [0.1, 0.15) is 39.5 Å². The van der Waals surface area contributed by atoms with Crippen LogP contribution in [0.25, 0.3) is 0 Å². The number of nitrogens with zero attached hydrogens (tertiary/aromatic N) is 1. The van der Waals surface area contributed by atoms with E-state index < -0.39 is 5.82 Å². The lowest BCUT2D eigenvalue weighted by Gasteiger charge is -2.39. The van der Waals surface area contributed by atoms with Crippen molar-refractivity contribution in [1.82, 2.24) is 4.90 Å². The molecule has 1 amide bonds. The van der Waals surface area contributed by atoms with Gasteiger partial charge in [0.25, 0.3) is 5.91 Å². The van der Waals surface area contributed by atoms with E-state index in [0.717, 1.165) is 34.5 Å². The second-order valence-corrected chi connectivity index (χ2v) is 8.59. The van der Waals surface area contributed by atoms with Gasteiger partial charge < -0.3 is 20.1 Å². The smallest absolute Gasteiger partial charge is 0.257 e. The first-order valence-electron chi connectivity index (χ1n) is 11.3. The quantitative estimate of drug-likeness (QED) is 0.580. The minimum atomic E-state index is -0.525. The second kappa shape index (κ2) is 9.20. The molecule has 1 saturated heterocycles. The molecular weight excluding hydrogens is 431 g/mol. The van der Waals surface area contributed by atoms with Crippen LogP contribution in [0.5, 0.6) is 5.75 Å². The normalized spacial score (nSPS) is 20.4. The Morgan fingerprint density at radius 1 is 1.12 bits per heavy atom. The average molecular weight is 457 g/mol. The first-order valence-corrected chi connectivity index (χ1v) is 11.3. The predicted octanol–water partition coefficient (Wildman–Crippen LogP) is 4.22. The maximum Gasteiger partial charge on any atom is 0.257 e. The fourth-order valence-electron chi connectivity index (χ4n) is 4.98. The Morgan fingerprint density at radius 3 is 2.59 bits per heavy atom. The first-order chi connectivity index (χ1) is 16.6. The van der Waals surface area contributed by atoms with Crippen LogP contribution < -0.4 is 10.1 Å². The summed E-state index contributed by atoms with van der Waals surface area (Å²) in [6.45, 7) is 0.462. The molecule has 0 bridgehead atoms. The van der Waals surface area contributed by atoms with Crippen LogP contribution in [-0.2, 0) is 0 Å². The number of halogens is 1. The van der Waals surface area contributed by atoms with Crippen molar-refractivity contribution in [1.29, 1.82) is 0 Å². The van der Waals surface area contributed by atoms with Crippen LogP contribution >= 0.6 is 0 Å². The van der Waals surface area contributed by atoms with Gasteiger partial charge >= 0.3 is 0 Å². The lowest BCUT2D eigenvalue weighted by Crippen LogP contribution is -2.43. The zero-order valence-electron chi connectivity index (χ0n) is 18.8. The maximum absolute atomic E-state index is 14.4. The average Bonchev–Trinajstić information content (AvgIpc) is 3.33. The van der Waals surface area contributed by atoms with Gasteiger partial charge in [-0.05, 0) is 66.6 Å². The molecule has 3 aromatic rings. The number of hydrogen-bond acceptors (Lipinski definition) is 4. The third kappa shape index (κ3) is 4.00. The monoisotopic (exact) mass is 456 g/mol. The number of ether oxygens (including phenoxy) is 1. The number of methoxy groups -OCH3 is 1.